The smallest absolute Gasteiger partial charge is 0.225 e. The summed E-state index contributed by atoms with van der Waals surface area (Å²) in [6, 6.07) is 8.74. The molecule has 1 aromatic carbocycles. The van der Waals surface area contributed by atoms with Gasteiger partial charge in [0.15, 0.2) is 11.6 Å². The largest absolute Gasteiger partial charge is 0.351 e. The van der Waals surface area contributed by atoms with Gasteiger partial charge < -0.3 is 10.6 Å². The lowest BCUT2D eigenvalue weighted by Crippen LogP contribution is -2.23. The monoisotopic (exact) mass is 399 g/mol. The van der Waals surface area contributed by atoms with E-state index in [0.29, 0.717) is 17.3 Å². The number of rotatable bonds is 5. The third kappa shape index (κ3) is 4.47. The number of nitrogens with one attached hydrogen (secondary N) is 2. The number of nitrogens with zero attached hydrogens (tertiary/aromatic N) is 3. The summed E-state index contributed by atoms with van der Waals surface area (Å²) in [4.78, 5) is 13.1. The van der Waals surface area contributed by atoms with Crippen LogP contribution in [0, 0.1) is 17.5 Å². The number of halogens is 3. The number of benzene rings is 1. The van der Waals surface area contributed by atoms with Gasteiger partial charge in [-0.25, -0.2) is 18.2 Å². The van der Waals surface area contributed by atoms with Gasteiger partial charge in [-0.15, -0.1) is 0 Å². The summed E-state index contributed by atoms with van der Waals surface area (Å²) in [5.74, 6) is -2.89. The molecule has 0 bridgehead atoms. The first-order valence-corrected chi connectivity index (χ1v) is 9.58. The molecule has 5 nitrogen and oxygen atoms in total. The lowest BCUT2D eigenvalue weighted by Gasteiger charge is -2.23. The van der Waals surface area contributed by atoms with E-state index in [4.69, 9.17) is 0 Å². The van der Waals surface area contributed by atoms with Crippen molar-refractivity contribution in [2.24, 2.45) is 0 Å². The van der Waals surface area contributed by atoms with Crippen LogP contribution in [0.15, 0.2) is 42.6 Å². The Morgan fingerprint density at radius 3 is 2.41 bits per heavy atom. The standard InChI is InChI=1S/C21H20F3N5/c22-14-9-10-15(23)20(19(14)24)28-18-12-17(16-8-4-5-11-25-16)27-21(29-18)26-13-6-2-1-3-7-13/h4-5,8-13H,1-3,6-7H2,(H2,26,27,28,29). The molecule has 1 saturated carbocycles. The number of anilines is 3. The Hall–Kier alpha value is -3.16. The zero-order valence-corrected chi connectivity index (χ0v) is 15.6. The zero-order valence-electron chi connectivity index (χ0n) is 15.6. The Bertz CT molecular complexity index is 991. The van der Waals surface area contributed by atoms with Crippen LogP contribution >= 0.6 is 0 Å². The quantitative estimate of drug-likeness (QED) is 0.559. The molecule has 0 radical (unpaired) electrons. The predicted molar refractivity (Wildman–Crippen MR) is 105 cm³/mol. The summed E-state index contributed by atoms with van der Waals surface area (Å²) in [7, 11) is 0. The Balaban J connectivity index is 1.70. The number of aromatic nitrogens is 3. The van der Waals surface area contributed by atoms with Crippen LogP contribution in [0.2, 0.25) is 0 Å². The molecule has 0 aliphatic heterocycles. The molecule has 1 fully saturated rings. The fourth-order valence-corrected chi connectivity index (χ4v) is 3.42. The van der Waals surface area contributed by atoms with E-state index in [-0.39, 0.29) is 11.9 Å². The summed E-state index contributed by atoms with van der Waals surface area (Å²) in [6.45, 7) is 0. The van der Waals surface area contributed by atoms with E-state index >= 15 is 0 Å². The van der Waals surface area contributed by atoms with Crippen LogP contribution in [0.25, 0.3) is 11.4 Å². The molecule has 3 aromatic rings. The summed E-state index contributed by atoms with van der Waals surface area (Å²) in [6.07, 6.45) is 7.10. The minimum Gasteiger partial charge on any atom is -0.351 e. The van der Waals surface area contributed by atoms with Gasteiger partial charge in [0.2, 0.25) is 5.95 Å². The molecule has 0 unspecified atom stereocenters. The molecule has 4 rings (SSSR count). The summed E-state index contributed by atoms with van der Waals surface area (Å²) >= 11 is 0. The van der Waals surface area contributed by atoms with Crippen molar-refractivity contribution >= 4 is 17.5 Å². The van der Waals surface area contributed by atoms with Gasteiger partial charge in [-0.3, -0.25) is 4.98 Å². The second kappa shape index (κ2) is 8.46. The highest BCUT2D eigenvalue weighted by Gasteiger charge is 2.18. The van der Waals surface area contributed by atoms with Crippen molar-refractivity contribution in [3.05, 3.63) is 60.0 Å². The van der Waals surface area contributed by atoms with Gasteiger partial charge >= 0.3 is 0 Å². The first-order valence-electron chi connectivity index (χ1n) is 9.58. The van der Waals surface area contributed by atoms with Gasteiger partial charge in [-0.2, -0.15) is 4.98 Å². The van der Waals surface area contributed by atoms with Gasteiger partial charge in [-0.1, -0.05) is 25.3 Å². The van der Waals surface area contributed by atoms with E-state index in [1.165, 1.54) is 12.5 Å². The second-order valence-corrected chi connectivity index (χ2v) is 7.00. The van der Waals surface area contributed by atoms with E-state index in [1.54, 1.807) is 18.3 Å². The molecular weight excluding hydrogens is 379 g/mol. The number of pyridine rings is 1. The third-order valence-electron chi connectivity index (χ3n) is 4.89. The van der Waals surface area contributed by atoms with Crippen LogP contribution in [0.1, 0.15) is 32.1 Å². The predicted octanol–water partition coefficient (Wildman–Crippen LogP) is 5.44. The molecule has 29 heavy (non-hydrogen) atoms. The molecule has 2 N–H and O–H groups in total. The van der Waals surface area contributed by atoms with Gasteiger partial charge in [0.25, 0.3) is 0 Å². The fourth-order valence-electron chi connectivity index (χ4n) is 3.42. The molecular formula is C21H20F3N5. The molecule has 2 heterocycles. The maximum absolute atomic E-state index is 14.1. The van der Waals surface area contributed by atoms with E-state index < -0.39 is 23.1 Å². The minimum absolute atomic E-state index is 0.141. The molecule has 1 aliphatic carbocycles. The SMILES string of the molecule is Fc1ccc(F)c(Nc2cc(-c3ccccn3)nc(NC3CCCCC3)n2)c1F. The van der Waals surface area contributed by atoms with Crippen LogP contribution in [-0.4, -0.2) is 21.0 Å². The third-order valence-corrected chi connectivity index (χ3v) is 4.89. The molecule has 150 valence electrons. The Kier molecular flexibility index (Phi) is 5.59. The average Bonchev–Trinajstić information content (AvgIpc) is 2.75. The van der Waals surface area contributed by atoms with Crippen LogP contribution in [0.3, 0.4) is 0 Å². The van der Waals surface area contributed by atoms with Gasteiger partial charge in [0.05, 0.1) is 11.4 Å². The van der Waals surface area contributed by atoms with Crippen LogP contribution in [-0.2, 0) is 0 Å². The second-order valence-electron chi connectivity index (χ2n) is 7.00. The molecule has 2 aromatic heterocycles. The Morgan fingerprint density at radius 1 is 0.862 bits per heavy atom. The van der Waals surface area contributed by atoms with E-state index in [2.05, 4.69) is 25.6 Å². The summed E-state index contributed by atoms with van der Waals surface area (Å²) in [5, 5.41) is 5.87. The van der Waals surface area contributed by atoms with Gasteiger partial charge in [0, 0.05) is 18.3 Å². The van der Waals surface area contributed by atoms with Gasteiger partial charge in [-0.05, 0) is 37.1 Å². The van der Waals surface area contributed by atoms with E-state index in [1.807, 2.05) is 6.07 Å². The van der Waals surface area contributed by atoms with Crippen molar-refractivity contribution in [1.29, 1.82) is 0 Å². The van der Waals surface area contributed by atoms with Crippen molar-refractivity contribution < 1.29 is 13.2 Å². The van der Waals surface area contributed by atoms with Crippen molar-refractivity contribution in [3.63, 3.8) is 0 Å². The van der Waals surface area contributed by atoms with Crippen LogP contribution in [0.5, 0.6) is 0 Å². The highest BCUT2D eigenvalue weighted by atomic mass is 19.2. The number of hydrogen-bond donors (Lipinski definition) is 2. The Morgan fingerprint density at radius 2 is 1.66 bits per heavy atom. The molecule has 0 spiro atoms. The van der Waals surface area contributed by atoms with Crippen LogP contribution < -0.4 is 10.6 Å². The summed E-state index contributed by atoms with van der Waals surface area (Å²) in [5.41, 5.74) is 0.475. The first kappa shape index (κ1) is 19.2. The number of hydrogen-bond acceptors (Lipinski definition) is 5. The maximum atomic E-state index is 14.1. The molecule has 0 amide bonds. The Labute approximate surface area is 166 Å². The lowest BCUT2D eigenvalue weighted by molar-refractivity contribution is 0.461. The lowest BCUT2D eigenvalue weighted by atomic mass is 9.96. The van der Waals surface area contributed by atoms with Crippen molar-refractivity contribution in [2.45, 2.75) is 38.1 Å². The molecule has 8 heteroatoms. The topological polar surface area (TPSA) is 62.7 Å². The van der Waals surface area contributed by atoms with Crippen molar-refractivity contribution in [2.75, 3.05) is 10.6 Å². The summed E-state index contributed by atoms with van der Waals surface area (Å²) < 4.78 is 41.7. The average molecular weight is 399 g/mol. The molecule has 0 atom stereocenters. The van der Waals surface area contributed by atoms with E-state index in [0.717, 1.165) is 37.8 Å². The maximum Gasteiger partial charge on any atom is 0.225 e. The van der Waals surface area contributed by atoms with Crippen molar-refractivity contribution in [3.8, 4) is 11.4 Å². The molecule has 0 saturated heterocycles. The highest BCUT2D eigenvalue weighted by Crippen LogP contribution is 2.28. The van der Waals surface area contributed by atoms with Crippen molar-refractivity contribution in [1.82, 2.24) is 15.0 Å². The molecule has 1 aliphatic rings. The normalized spacial score (nSPS) is 14.6. The minimum atomic E-state index is -1.30. The van der Waals surface area contributed by atoms with E-state index in [9.17, 15) is 13.2 Å². The zero-order chi connectivity index (χ0) is 20.2. The highest BCUT2D eigenvalue weighted by molar-refractivity contribution is 5.65. The van der Waals surface area contributed by atoms with Gasteiger partial charge in [0.1, 0.15) is 17.3 Å². The fraction of sp³-hybridized carbons (Fsp3) is 0.286. The first-order chi connectivity index (χ1) is 14.1. The van der Waals surface area contributed by atoms with Crippen LogP contribution in [0.4, 0.5) is 30.6 Å².